The van der Waals surface area contributed by atoms with Gasteiger partial charge in [0, 0.05) is 40.7 Å². The van der Waals surface area contributed by atoms with E-state index in [4.69, 9.17) is 11.6 Å². The number of aromatic amines is 1. The molecule has 0 saturated heterocycles. The van der Waals surface area contributed by atoms with Crippen molar-refractivity contribution in [2.24, 2.45) is 0 Å². The molecule has 8 heteroatoms. The summed E-state index contributed by atoms with van der Waals surface area (Å²) in [4.78, 5) is 7.73. The Morgan fingerprint density at radius 2 is 1.96 bits per heavy atom. The number of aromatic nitrogens is 3. The summed E-state index contributed by atoms with van der Waals surface area (Å²) in [6, 6.07) is 10.2. The van der Waals surface area contributed by atoms with Crippen LogP contribution in [0.2, 0.25) is 5.02 Å². The van der Waals surface area contributed by atoms with Gasteiger partial charge in [0.05, 0.1) is 16.7 Å². The standard InChI is InChI=1S/C20H20ClF2N5/c1-11(2)27-28-18-7-4-12(20(3,22)23)8-16(18)25-19(28)26-17-10-24-15-6-5-13(21)9-14(15)17/h4-11,24,27H,1-3H3,(H,25,26). The van der Waals surface area contributed by atoms with Crippen LogP contribution in [0.4, 0.5) is 20.4 Å². The summed E-state index contributed by atoms with van der Waals surface area (Å²) in [5, 5.41) is 4.82. The number of fused-ring (bicyclic) bond motifs is 2. The second-order valence-electron chi connectivity index (χ2n) is 7.16. The summed E-state index contributed by atoms with van der Waals surface area (Å²) in [6.07, 6.45) is 1.83. The van der Waals surface area contributed by atoms with Gasteiger partial charge in [0.2, 0.25) is 5.95 Å². The summed E-state index contributed by atoms with van der Waals surface area (Å²) in [6.45, 7) is 4.87. The lowest BCUT2D eigenvalue weighted by Crippen LogP contribution is -2.23. The third-order valence-corrected chi connectivity index (χ3v) is 4.67. The normalized spacial score (nSPS) is 12.2. The van der Waals surface area contributed by atoms with Gasteiger partial charge in [-0.15, -0.1) is 0 Å². The second kappa shape index (κ2) is 6.67. The largest absolute Gasteiger partial charge is 0.359 e. The first-order valence-electron chi connectivity index (χ1n) is 8.93. The molecule has 0 atom stereocenters. The number of H-pyrrole nitrogens is 1. The van der Waals surface area contributed by atoms with E-state index in [1.165, 1.54) is 12.1 Å². The number of hydrogen-bond acceptors (Lipinski definition) is 3. The molecule has 146 valence electrons. The zero-order valence-corrected chi connectivity index (χ0v) is 16.4. The van der Waals surface area contributed by atoms with E-state index in [-0.39, 0.29) is 11.6 Å². The summed E-state index contributed by atoms with van der Waals surface area (Å²) in [5.74, 6) is -2.42. The topological polar surface area (TPSA) is 57.7 Å². The zero-order chi connectivity index (χ0) is 20.1. The molecule has 0 fully saturated rings. The van der Waals surface area contributed by atoms with Crippen molar-refractivity contribution < 1.29 is 8.78 Å². The maximum Gasteiger partial charge on any atom is 0.270 e. The Kier molecular flexibility index (Phi) is 4.42. The van der Waals surface area contributed by atoms with Crippen molar-refractivity contribution >= 4 is 45.2 Å². The van der Waals surface area contributed by atoms with Gasteiger partial charge in [-0.2, -0.15) is 0 Å². The van der Waals surface area contributed by atoms with Crippen molar-refractivity contribution in [3.63, 3.8) is 0 Å². The van der Waals surface area contributed by atoms with E-state index in [1.54, 1.807) is 10.7 Å². The fourth-order valence-corrected chi connectivity index (χ4v) is 3.31. The molecule has 0 aliphatic carbocycles. The molecule has 0 aliphatic heterocycles. The highest BCUT2D eigenvalue weighted by atomic mass is 35.5. The Morgan fingerprint density at radius 3 is 2.68 bits per heavy atom. The van der Waals surface area contributed by atoms with Gasteiger partial charge >= 0.3 is 0 Å². The summed E-state index contributed by atoms with van der Waals surface area (Å²) >= 11 is 6.13. The minimum Gasteiger partial charge on any atom is -0.359 e. The van der Waals surface area contributed by atoms with Crippen molar-refractivity contribution in [3.8, 4) is 0 Å². The van der Waals surface area contributed by atoms with Gasteiger partial charge in [0.15, 0.2) is 0 Å². The number of imidazole rings is 1. The molecule has 28 heavy (non-hydrogen) atoms. The highest BCUT2D eigenvalue weighted by molar-refractivity contribution is 6.31. The number of alkyl halides is 2. The van der Waals surface area contributed by atoms with E-state index in [2.05, 4.69) is 20.7 Å². The SMILES string of the molecule is CC(C)Nn1c(Nc2c[nH]c3ccc(Cl)cc23)nc2cc(C(C)(F)F)ccc21. The van der Waals surface area contributed by atoms with Gasteiger partial charge in [-0.05, 0) is 44.2 Å². The molecule has 0 spiro atoms. The van der Waals surface area contributed by atoms with Crippen LogP contribution in [0.15, 0.2) is 42.6 Å². The van der Waals surface area contributed by atoms with Gasteiger partial charge in [-0.25, -0.2) is 18.4 Å². The van der Waals surface area contributed by atoms with Crippen molar-refractivity contribution in [3.05, 3.63) is 53.2 Å². The minimum absolute atomic E-state index is 0.0698. The first kappa shape index (κ1) is 18.6. The van der Waals surface area contributed by atoms with Gasteiger partial charge in [0.1, 0.15) is 0 Å². The molecule has 2 heterocycles. The van der Waals surface area contributed by atoms with Crippen molar-refractivity contribution in [1.82, 2.24) is 14.6 Å². The molecule has 0 bridgehead atoms. The molecule has 3 N–H and O–H groups in total. The summed E-state index contributed by atoms with van der Waals surface area (Å²) in [7, 11) is 0. The van der Waals surface area contributed by atoms with E-state index in [0.29, 0.717) is 22.0 Å². The molecule has 4 aromatic rings. The molecule has 0 radical (unpaired) electrons. The van der Waals surface area contributed by atoms with Crippen LogP contribution in [0.25, 0.3) is 21.9 Å². The monoisotopic (exact) mass is 403 g/mol. The molecular weight excluding hydrogens is 384 g/mol. The fraction of sp³-hybridized carbons (Fsp3) is 0.250. The lowest BCUT2D eigenvalue weighted by molar-refractivity contribution is 0.0176. The number of halogens is 3. The number of rotatable bonds is 5. The average molecular weight is 404 g/mol. The Labute approximate surface area is 165 Å². The van der Waals surface area contributed by atoms with Crippen molar-refractivity contribution in [2.45, 2.75) is 32.7 Å². The molecular formula is C20H20ClF2N5. The Hall–Kier alpha value is -2.80. The molecule has 4 rings (SSSR count). The van der Waals surface area contributed by atoms with Crippen LogP contribution in [0.1, 0.15) is 26.3 Å². The third-order valence-electron chi connectivity index (χ3n) is 4.44. The first-order valence-corrected chi connectivity index (χ1v) is 9.31. The molecule has 2 aromatic heterocycles. The van der Waals surface area contributed by atoms with Crippen LogP contribution in [-0.2, 0) is 5.92 Å². The lowest BCUT2D eigenvalue weighted by atomic mass is 10.1. The lowest BCUT2D eigenvalue weighted by Gasteiger charge is -2.16. The maximum absolute atomic E-state index is 13.7. The van der Waals surface area contributed by atoms with Crippen LogP contribution < -0.4 is 10.7 Å². The van der Waals surface area contributed by atoms with Crippen LogP contribution in [0.5, 0.6) is 0 Å². The van der Waals surface area contributed by atoms with E-state index < -0.39 is 5.92 Å². The Balaban J connectivity index is 1.83. The van der Waals surface area contributed by atoms with Gasteiger partial charge in [-0.3, -0.25) is 0 Å². The van der Waals surface area contributed by atoms with Crippen LogP contribution in [0, 0.1) is 0 Å². The van der Waals surface area contributed by atoms with Crippen molar-refractivity contribution in [1.29, 1.82) is 0 Å². The Bertz CT molecular complexity index is 1160. The van der Waals surface area contributed by atoms with Gasteiger partial charge in [-0.1, -0.05) is 17.7 Å². The summed E-state index contributed by atoms with van der Waals surface area (Å²) in [5.41, 5.74) is 6.14. The molecule has 0 amide bonds. The molecule has 0 saturated carbocycles. The quantitative estimate of drug-likeness (QED) is 0.384. The molecule has 2 aromatic carbocycles. The van der Waals surface area contributed by atoms with E-state index in [0.717, 1.165) is 23.5 Å². The minimum atomic E-state index is -2.93. The van der Waals surface area contributed by atoms with Crippen molar-refractivity contribution in [2.75, 3.05) is 10.7 Å². The summed E-state index contributed by atoms with van der Waals surface area (Å²) < 4.78 is 29.2. The number of benzene rings is 2. The Morgan fingerprint density at radius 1 is 1.18 bits per heavy atom. The first-order chi connectivity index (χ1) is 13.2. The van der Waals surface area contributed by atoms with Crippen LogP contribution in [0.3, 0.4) is 0 Å². The maximum atomic E-state index is 13.7. The molecule has 5 nitrogen and oxygen atoms in total. The van der Waals surface area contributed by atoms with Crippen LogP contribution >= 0.6 is 11.6 Å². The average Bonchev–Trinajstić information content (AvgIpc) is 3.15. The van der Waals surface area contributed by atoms with Gasteiger partial charge in [0.25, 0.3) is 5.92 Å². The van der Waals surface area contributed by atoms with Crippen LogP contribution in [-0.4, -0.2) is 20.7 Å². The number of anilines is 2. The molecule has 0 aliphatic rings. The van der Waals surface area contributed by atoms with E-state index in [1.807, 2.05) is 38.2 Å². The predicted molar refractivity (Wildman–Crippen MR) is 110 cm³/mol. The number of nitrogens with one attached hydrogen (secondary N) is 3. The van der Waals surface area contributed by atoms with E-state index >= 15 is 0 Å². The third kappa shape index (κ3) is 3.38. The van der Waals surface area contributed by atoms with E-state index in [9.17, 15) is 8.78 Å². The second-order valence-corrected chi connectivity index (χ2v) is 7.60. The highest BCUT2D eigenvalue weighted by Crippen LogP contribution is 2.32. The molecule has 0 unspecified atom stereocenters. The predicted octanol–water partition coefficient (Wildman–Crippen LogP) is 5.98. The van der Waals surface area contributed by atoms with Gasteiger partial charge < -0.3 is 15.7 Å². The number of hydrogen-bond donors (Lipinski definition) is 3. The smallest absolute Gasteiger partial charge is 0.270 e. The fourth-order valence-electron chi connectivity index (χ4n) is 3.14. The number of nitrogens with zero attached hydrogens (tertiary/aromatic N) is 2. The zero-order valence-electron chi connectivity index (χ0n) is 15.6. The highest BCUT2D eigenvalue weighted by Gasteiger charge is 2.25.